The molecule has 0 amide bonds. The van der Waals surface area contributed by atoms with Crippen LogP contribution >= 0.6 is 12.2 Å². The molecule has 0 heterocycles. The Bertz CT molecular complexity index is 445. The van der Waals surface area contributed by atoms with Crippen molar-refractivity contribution >= 4 is 23.0 Å². The fourth-order valence-corrected chi connectivity index (χ4v) is 4.10. The molecular weight excluding hydrogens is 252 g/mol. The van der Waals surface area contributed by atoms with E-state index in [0.717, 1.165) is 23.5 Å². The Morgan fingerprint density at radius 3 is 2.63 bits per heavy atom. The van der Waals surface area contributed by atoms with Crippen LogP contribution in [0.5, 0.6) is 0 Å². The molecular formula is C16H22N2S. The van der Waals surface area contributed by atoms with Crippen LogP contribution in [0.15, 0.2) is 30.3 Å². The van der Waals surface area contributed by atoms with Crippen molar-refractivity contribution in [2.24, 2.45) is 11.8 Å². The number of hydrogen-bond acceptors (Lipinski definition) is 1. The molecule has 0 radical (unpaired) electrons. The predicted octanol–water partition coefficient (Wildman–Crippen LogP) is 3.58. The largest absolute Gasteiger partial charge is 0.359 e. The van der Waals surface area contributed by atoms with Crippen LogP contribution in [0.4, 0.5) is 5.69 Å². The van der Waals surface area contributed by atoms with E-state index in [1.54, 1.807) is 0 Å². The summed E-state index contributed by atoms with van der Waals surface area (Å²) in [5, 5.41) is 4.51. The van der Waals surface area contributed by atoms with Crippen LogP contribution in [0.3, 0.4) is 0 Å². The molecule has 1 aromatic rings. The minimum atomic E-state index is 0.615. The lowest BCUT2D eigenvalue weighted by Crippen LogP contribution is -2.46. The minimum absolute atomic E-state index is 0.615. The van der Waals surface area contributed by atoms with Crippen LogP contribution in [0.1, 0.15) is 32.6 Å². The second-order valence-corrected chi connectivity index (χ2v) is 6.20. The zero-order valence-electron chi connectivity index (χ0n) is 11.5. The summed E-state index contributed by atoms with van der Waals surface area (Å²) in [5.74, 6) is 1.81. The molecule has 1 N–H and O–H groups in total. The van der Waals surface area contributed by atoms with Crippen molar-refractivity contribution in [3.05, 3.63) is 30.3 Å². The van der Waals surface area contributed by atoms with Gasteiger partial charge >= 0.3 is 0 Å². The second kappa shape index (κ2) is 5.49. The van der Waals surface area contributed by atoms with E-state index >= 15 is 0 Å². The van der Waals surface area contributed by atoms with Gasteiger partial charge in [0.1, 0.15) is 0 Å². The van der Waals surface area contributed by atoms with Gasteiger partial charge in [-0.05, 0) is 62.4 Å². The monoisotopic (exact) mass is 274 g/mol. The average molecular weight is 274 g/mol. The van der Waals surface area contributed by atoms with Gasteiger partial charge in [0.15, 0.2) is 5.11 Å². The maximum Gasteiger partial charge on any atom is 0.173 e. The summed E-state index contributed by atoms with van der Waals surface area (Å²) < 4.78 is 0. The topological polar surface area (TPSA) is 15.3 Å². The van der Waals surface area contributed by atoms with Gasteiger partial charge in [-0.3, -0.25) is 0 Å². The first-order chi connectivity index (χ1) is 9.28. The molecule has 1 aromatic carbocycles. The molecule has 3 heteroatoms. The molecule has 3 rings (SSSR count). The molecule has 0 unspecified atom stereocenters. The Kier molecular flexibility index (Phi) is 3.74. The molecule has 0 saturated heterocycles. The summed E-state index contributed by atoms with van der Waals surface area (Å²) in [4.78, 5) is 2.20. The molecule has 2 saturated carbocycles. The van der Waals surface area contributed by atoms with Crippen LogP contribution < -0.4 is 10.2 Å². The Balaban J connectivity index is 1.65. The van der Waals surface area contributed by atoms with Crippen molar-refractivity contribution in [3.63, 3.8) is 0 Å². The van der Waals surface area contributed by atoms with Crippen LogP contribution in [-0.2, 0) is 0 Å². The number of rotatable bonds is 3. The highest BCUT2D eigenvalue weighted by Gasteiger charge is 2.39. The van der Waals surface area contributed by atoms with Crippen LogP contribution in [0, 0.1) is 11.8 Å². The van der Waals surface area contributed by atoms with E-state index in [4.69, 9.17) is 12.2 Å². The van der Waals surface area contributed by atoms with Crippen molar-refractivity contribution in [2.75, 3.05) is 11.4 Å². The number of nitrogens with one attached hydrogen (secondary N) is 1. The fraction of sp³-hybridized carbons (Fsp3) is 0.562. The van der Waals surface area contributed by atoms with E-state index in [1.165, 1.54) is 31.4 Å². The highest BCUT2D eigenvalue weighted by molar-refractivity contribution is 7.80. The number of nitrogens with zero attached hydrogens (tertiary/aromatic N) is 1. The number of hydrogen-bond donors (Lipinski definition) is 1. The summed E-state index contributed by atoms with van der Waals surface area (Å²) in [6, 6.07) is 11.0. The van der Waals surface area contributed by atoms with E-state index < -0.39 is 0 Å². The van der Waals surface area contributed by atoms with Crippen molar-refractivity contribution in [1.82, 2.24) is 5.32 Å². The molecule has 19 heavy (non-hydrogen) atoms. The van der Waals surface area contributed by atoms with Gasteiger partial charge < -0.3 is 10.2 Å². The Hall–Kier alpha value is -1.09. The molecule has 0 aliphatic heterocycles. The lowest BCUT2D eigenvalue weighted by atomic mass is 9.95. The third-order valence-electron chi connectivity index (χ3n) is 4.68. The maximum atomic E-state index is 5.62. The van der Waals surface area contributed by atoms with Crippen molar-refractivity contribution in [2.45, 2.75) is 38.6 Å². The highest BCUT2D eigenvalue weighted by atomic mass is 32.1. The van der Waals surface area contributed by atoms with Crippen molar-refractivity contribution in [1.29, 1.82) is 0 Å². The van der Waals surface area contributed by atoms with Gasteiger partial charge in [0.05, 0.1) is 0 Å². The van der Waals surface area contributed by atoms with Gasteiger partial charge in [0.25, 0.3) is 0 Å². The summed E-state index contributed by atoms with van der Waals surface area (Å²) in [6.45, 7) is 3.07. The van der Waals surface area contributed by atoms with E-state index in [2.05, 4.69) is 41.4 Å². The van der Waals surface area contributed by atoms with Crippen molar-refractivity contribution in [3.8, 4) is 0 Å². The summed E-state index contributed by atoms with van der Waals surface area (Å²) in [5.41, 5.74) is 1.19. The first-order valence-corrected chi connectivity index (χ1v) is 7.82. The summed E-state index contributed by atoms with van der Waals surface area (Å²) in [7, 11) is 0. The molecule has 2 fully saturated rings. The van der Waals surface area contributed by atoms with E-state index in [9.17, 15) is 0 Å². The number of benzene rings is 1. The SMILES string of the molecule is CCN(C(=S)N[C@H]1C[C@H]2CC[C@@H]1C2)c1ccccc1. The zero-order chi connectivity index (χ0) is 13.2. The molecule has 2 aliphatic carbocycles. The van der Waals surface area contributed by atoms with E-state index in [0.29, 0.717) is 6.04 Å². The number of para-hydroxylation sites is 1. The first kappa shape index (κ1) is 12.9. The molecule has 2 bridgehead atoms. The lowest BCUT2D eigenvalue weighted by molar-refractivity contribution is 0.390. The van der Waals surface area contributed by atoms with Crippen LogP contribution in [0.2, 0.25) is 0 Å². The second-order valence-electron chi connectivity index (χ2n) is 5.81. The third kappa shape index (κ3) is 2.62. The zero-order valence-corrected chi connectivity index (χ0v) is 12.3. The van der Waals surface area contributed by atoms with Crippen LogP contribution in [0.25, 0.3) is 0 Å². The molecule has 2 aliphatic rings. The normalized spacial score (nSPS) is 28.4. The Morgan fingerprint density at radius 2 is 2.05 bits per heavy atom. The van der Waals surface area contributed by atoms with Gasteiger partial charge in [-0.2, -0.15) is 0 Å². The number of anilines is 1. The van der Waals surface area contributed by atoms with E-state index in [1.807, 2.05) is 6.07 Å². The maximum absolute atomic E-state index is 5.62. The summed E-state index contributed by atoms with van der Waals surface area (Å²) >= 11 is 5.62. The van der Waals surface area contributed by atoms with Crippen molar-refractivity contribution < 1.29 is 0 Å². The Labute approximate surface area is 121 Å². The lowest BCUT2D eigenvalue weighted by Gasteiger charge is -2.30. The standard InChI is InChI=1S/C16H22N2S/c1-2-18(14-6-4-3-5-7-14)16(19)17-15-11-12-8-9-13(15)10-12/h3-7,12-13,15H,2,8-11H2,1H3,(H,17,19)/t12-,13+,15-/m0/s1. The van der Waals surface area contributed by atoms with Gasteiger partial charge in [0.2, 0.25) is 0 Å². The van der Waals surface area contributed by atoms with E-state index in [-0.39, 0.29) is 0 Å². The smallest absolute Gasteiger partial charge is 0.173 e. The van der Waals surface area contributed by atoms with Gasteiger partial charge in [-0.25, -0.2) is 0 Å². The Morgan fingerprint density at radius 1 is 1.26 bits per heavy atom. The summed E-state index contributed by atoms with van der Waals surface area (Å²) in [6.07, 6.45) is 5.56. The highest BCUT2D eigenvalue weighted by Crippen LogP contribution is 2.44. The molecule has 0 spiro atoms. The van der Waals surface area contributed by atoms with Crippen LogP contribution in [-0.4, -0.2) is 17.7 Å². The first-order valence-electron chi connectivity index (χ1n) is 7.41. The minimum Gasteiger partial charge on any atom is -0.359 e. The quantitative estimate of drug-likeness (QED) is 0.848. The predicted molar refractivity (Wildman–Crippen MR) is 84.4 cm³/mol. The number of fused-ring (bicyclic) bond motifs is 2. The number of thiocarbonyl (C=S) groups is 1. The molecule has 0 aromatic heterocycles. The average Bonchev–Trinajstić information content (AvgIpc) is 3.03. The van der Waals surface area contributed by atoms with Gasteiger partial charge in [0, 0.05) is 18.3 Å². The van der Waals surface area contributed by atoms with Gasteiger partial charge in [-0.15, -0.1) is 0 Å². The molecule has 3 atom stereocenters. The van der Waals surface area contributed by atoms with Gasteiger partial charge in [-0.1, -0.05) is 24.6 Å². The fourth-order valence-electron chi connectivity index (χ4n) is 3.71. The third-order valence-corrected chi connectivity index (χ3v) is 5.01. The molecule has 102 valence electrons. The molecule has 2 nitrogen and oxygen atoms in total.